The van der Waals surface area contributed by atoms with Gasteiger partial charge >= 0.3 is 5.97 Å². The second kappa shape index (κ2) is 8.82. The summed E-state index contributed by atoms with van der Waals surface area (Å²) < 4.78 is 1.78. The van der Waals surface area contributed by atoms with Crippen LogP contribution in [-0.4, -0.2) is 39.5 Å². The minimum atomic E-state index is -1.14. The summed E-state index contributed by atoms with van der Waals surface area (Å²) in [6, 6.07) is 15.0. The molecule has 2 atom stereocenters. The minimum Gasteiger partial charge on any atom is -0.480 e. The SMILES string of the molecule is Cc1ccc2c(c1)cc(C(=O)NC(Cc1ccccc1)C(=O)NC(C)C(=O)O)n2C. The van der Waals surface area contributed by atoms with Crippen molar-refractivity contribution in [3.05, 3.63) is 71.4 Å². The Bertz CT molecular complexity index is 1090. The molecule has 1 heterocycles. The van der Waals surface area contributed by atoms with Gasteiger partial charge < -0.3 is 20.3 Å². The first-order valence-corrected chi connectivity index (χ1v) is 9.70. The summed E-state index contributed by atoms with van der Waals surface area (Å²) >= 11 is 0. The number of aryl methyl sites for hydroxylation is 2. The summed E-state index contributed by atoms with van der Waals surface area (Å²) in [5, 5.41) is 15.3. The molecule has 0 fully saturated rings. The molecule has 0 aliphatic heterocycles. The Kier molecular flexibility index (Phi) is 6.20. The minimum absolute atomic E-state index is 0.244. The number of hydrogen-bond acceptors (Lipinski definition) is 3. The third kappa shape index (κ3) is 4.68. The number of nitrogens with one attached hydrogen (secondary N) is 2. The predicted octanol–water partition coefficient (Wildman–Crippen LogP) is 2.42. The van der Waals surface area contributed by atoms with Crippen LogP contribution < -0.4 is 10.6 Å². The van der Waals surface area contributed by atoms with E-state index in [2.05, 4.69) is 10.6 Å². The van der Waals surface area contributed by atoms with Crippen molar-refractivity contribution in [3.63, 3.8) is 0 Å². The van der Waals surface area contributed by atoms with Gasteiger partial charge in [-0.2, -0.15) is 0 Å². The molecule has 156 valence electrons. The summed E-state index contributed by atoms with van der Waals surface area (Å²) in [5.41, 5.74) is 3.28. The molecule has 7 nitrogen and oxygen atoms in total. The molecular weight excluding hydrogens is 382 g/mol. The highest BCUT2D eigenvalue weighted by atomic mass is 16.4. The van der Waals surface area contributed by atoms with E-state index in [-0.39, 0.29) is 6.42 Å². The zero-order valence-corrected chi connectivity index (χ0v) is 17.2. The molecule has 0 radical (unpaired) electrons. The Morgan fingerprint density at radius 1 is 1.03 bits per heavy atom. The van der Waals surface area contributed by atoms with E-state index >= 15 is 0 Å². The number of aromatic nitrogens is 1. The van der Waals surface area contributed by atoms with Crippen molar-refractivity contribution >= 4 is 28.7 Å². The van der Waals surface area contributed by atoms with E-state index in [0.29, 0.717) is 5.69 Å². The van der Waals surface area contributed by atoms with Gasteiger partial charge in [0.15, 0.2) is 0 Å². The van der Waals surface area contributed by atoms with Crippen LogP contribution in [0, 0.1) is 6.92 Å². The molecule has 3 N–H and O–H groups in total. The molecule has 0 saturated carbocycles. The van der Waals surface area contributed by atoms with E-state index in [0.717, 1.165) is 22.0 Å². The zero-order valence-electron chi connectivity index (χ0n) is 17.2. The Hall–Kier alpha value is -3.61. The molecular formula is C23H25N3O4. The van der Waals surface area contributed by atoms with Gasteiger partial charge in [-0.05, 0) is 37.6 Å². The topological polar surface area (TPSA) is 100 Å². The molecule has 30 heavy (non-hydrogen) atoms. The number of amides is 2. The highest BCUT2D eigenvalue weighted by molar-refractivity contribution is 6.01. The molecule has 0 aliphatic rings. The Morgan fingerprint density at radius 3 is 2.40 bits per heavy atom. The maximum absolute atomic E-state index is 13.0. The van der Waals surface area contributed by atoms with Crippen LogP contribution in [0.15, 0.2) is 54.6 Å². The summed E-state index contributed by atoms with van der Waals surface area (Å²) in [7, 11) is 1.80. The van der Waals surface area contributed by atoms with Gasteiger partial charge in [0.05, 0.1) is 0 Å². The quantitative estimate of drug-likeness (QED) is 0.560. The standard InChI is InChI=1S/C23H25N3O4/c1-14-9-10-19-17(11-14)13-20(26(19)3)22(28)25-18(12-16-7-5-4-6-8-16)21(27)24-15(2)23(29)30/h4-11,13,15,18H,12H2,1-3H3,(H,24,27)(H,25,28)(H,29,30). The first-order valence-electron chi connectivity index (χ1n) is 9.70. The van der Waals surface area contributed by atoms with E-state index < -0.39 is 29.9 Å². The highest BCUT2D eigenvalue weighted by Crippen LogP contribution is 2.20. The van der Waals surface area contributed by atoms with Crippen molar-refractivity contribution in [3.8, 4) is 0 Å². The number of carboxylic acids is 1. The van der Waals surface area contributed by atoms with Crippen molar-refractivity contribution in [2.45, 2.75) is 32.4 Å². The first kappa shape index (κ1) is 21.1. The van der Waals surface area contributed by atoms with Gasteiger partial charge in [0, 0.05) is 24.4 Å². The van der Waals surface area contributed by atoms with Crippen LogP contribution in [0.1, 0.15) is 28.5 Å². The Balaban J connectivity index is 1.86. The van der Waals surface area contributed by atoms with Crippen LogP contribution in [0.3, 0.4) is 0 Å². The fraction of sp³-hybridized carbons (Fsp3) is 0.261. The average molecular weight is 407 g/mol. The van der Waals surface area contributed by atoms with Crippen LogP contribution >= 0.6 is 0 Å². The molecule has 1 aromatic heterocycles. The molecule has 3 aromatic rings. The molecule has 0 aliphatic carbocycles. The van der Waals surface area contributed by atoms with Gasteiger partial charge in [0.25, 0.3) is 5.91 Å². The van der Waals surface area contributed by atoms with Gasteiger partial charge in [0.1, 0.15) is 17.8 Å². The fourth-order valence-electron chi connectivity index (χ4n) is 3.35. The van der Waals surface area contributed by atoms with E-state index in [9.17, 15) is 14.4 Å². The second-order valence-corrected chi connectivity index (χ2v) is 7.44. The second-order valence-electron chi connectivity index (χ2n) is 7.44. The number of carboxylic acid groups (broad SMARTS) is 1. The predicted molar refractivity (Wildman–Crippen MR) is 114 cm³/mol. The lowest BCUT2D eigenvalue weighted by Crippen LogP contribution is -2.51. The third-order valence-electron chi connectivity index (χ3n) is 5.06. The molecule has 2 amide bonds. The van der Waals surface area contributed by atoms with Crippen molar-refractivity contribution < 1.29 is 19.5 Å². The molecule has 0 bridgehead atoms. The van der Waals surface area contributed by atoms with Crippen LogP contribution in [-0.2, 0) is 23.1 Å². The van der Waals surface area contributed by atoms with Gasteiger partial charge in [-0.1, -0.05) is 42.0 Å². The lowest BCUT2D eigenvalue weighted by atomic mass is 10.0. The lowest BCUT2D eigenvalue weighted by molar-refractivity contribution is -0.141. The van der Waals surface area contributed by atoms with E-state index in [1.54, 1.807) is 17.7 Å². The van der Waals surface area contributed by atoms with Crippen molar-refractivity contribution in [1.29, 1.82) is 0 Å². The van der Waals surface area contributed by atoms with Crippen molar-refractivity contribution in [2.75, 3.05) is 0 Å². The summed E-state index contributed by atoms with van der Waals surface area (Å²) in [4.78, 5) is 36.9. The smallest absolute Gasteiger partial charge is 0.325 e. The van der Waals surface area contributed by atoms with E-state index in [1.807, 2.05) is 55.5 Å². The Morgan fingerprint density at radius 2 is 1.73 bits per heavy atom. The number of hydrogen-bond donors (Lipinski definition) is 3. The van der Waals surface area contributed by atoms with Crippen molar-refractivity contribution in [2.24, 2.45) is 7.05 Å². The largest absolute Gasteiger partial charge is 0.480 e. The third-order valence-corrected chi connectivity index (χ3v) is 5.06. The van der Waals surface area contributed by atoms with Gasteiger partial charge in [-0.15, -0.1) is 0 Å². The number of fused-ring (bicyclic) bond motifs is 1. The normalized spacial score (nSPS) is 12.9. The number of carbonyl (C=O) groups excluding carboxylic acids is 2. The van der Waals surface area contributed by atoms with Crippen LogP contribution in [0.5, 0.6) is 0 Å². The molecule has 2 unspecified atom stereocenters. The maximum atomic E-state index is 13.0. The zero-order chi connectivity index (χ0) is 21.8. The van der Waals surface area contributed by atoms with Crippen LogP contribution in [0.2, 0.25) is 0 Å². The fourth-order valence-corrected chi connectivity index (χ4v) is 3.35. The molecule has 3 rings (SSSR count). The van der Waals surface area contributed by atoms with E-state index in [1.165, 1.54) is 6.92 Å². The van der Waals surface area contributed by atoms with Crippen LogP contribution in [0.4, 0.5) is 0 Å². The molecule has 7 heteroatoms. The summed E-state index contributed by atoms with van der Waals surface area (Å²) in [6.45, 7) is 3.36. The number of aliphatic carboxylic acids is 1. The maximum Gasteiger partial charge on any atom is 0.325 e. The summed E-state index contributed by atoms with van der Waals surface area (Å²) in [6.07, 6.45) is 0.244. The monoisotopic (exact) mass is 407 g/mol. The average Bonchev–Trinajstić information content (AvgIpc) is 3.03. The van der Waals surface area contributed by atoms with E-state index in [4.69, 9.17) is 5.11 Å². The van der Waals surface area contributed by atoms with Gasteiger partial charge in [-0.3, -0.25) is 14.4 Å². The van der Waals surface area contributed by atoms with Crippen molar-refractivity contribution in [1.82, 2.24) is 15.2 Å². The first-order chi connectivity index (χ1) is 14.3. The summed E-state index contributed by atoms with van der Waals surface area (Å²) in [5.74, 6) is -2.08. The number of rotatable bonds is 7. The van der Waals surface area contributed by atoms with Crippen LogP contribution in [0.25, 0.3) is 10.9 Å². The lowest BCUT2D eigenvalue weighted by Gasteiger charge is -2.20. The van der Waals surface area contributed by atoms with Gasteiger partial charge in [0.2, 0.25) is 5.91 Å². The molecule has 0 saturated heterocycles. The molecule has 0 spiro atoms. The number of nitrogens with zero attached hydrogens (tertiary/aromatic N) is 1. The number of benzene rings is 2. The van der Waals surface area contributed by atoms with Gasteiger partial charge in [-0.25, -0.2) is 0 Å². The Labute approximate surface area is 174 Å². The molecule has 2 aromatic carbocycles. The highest BCUT2D eigenvalue weighted by Gasteiger charge is 2.26. The number of carbonyl (C=O) groups is 3.